The number of aromatic nitrogens is 1. The number of nitrogens with one attached hydrogen (secondary N) is 2. The normalized spacial score (nSPS) is 12.2. The van der Waals surface area contributed by atoms with Crippen molar-refractivity contribution in [1.29, 1.82) is 0 Å². The molecule has 3 aromatic rings. The third-order valence-corrected chi connectivity index (χ3v) is 5.52. The van der Waals surface area contributed by atoms with E-state index >= 15 is 0 Å². The fourth-order valence-electron chi connectivity index (χ4n) is 3.71. The van der Waals surface area contributed by atoms with E-state index in [9.17, 15) is 14.4 Å². The number of allylic oxidation sites excluding steroid dienone is 1. The van der Waals surface area contributed by atoms with Crippen LogP contribution in [0.5, 0.6) is 5.75 Å². The van der Waals surface area contributed by atoms with E-state index in [4.69, 9.17) is 14.2 Å². The lowest BCUT2D eigenvalue weighted by atomic mass is 10.1. The minimum Gasteiger partial charge on any atom is -0.491 e. The van der Waals surface area contributed by atoms with Gasteiger partial charge in [-0.2, -0.15) is 0 Å². The Hall–Kier alpha value is -3.95. The van der Waals surface area contributed by atoms with Gasteiger partial charge in [0.05, 0.1) is 13.2 Å². The van der Waals surface area contributed by atoms with Crippen LogP contribution in [0.25, 0.3) is 10.9 Å². The third-order valence-electron chi connectivity index (χ3n) is 5.52. The summed E-state index contributed by atoms with van der Waals surface area (Å²) in [5.41, 5.74) is 1.10. The van der Waals surface area contributed by atoms with Gasteiger partial charge in [0.2, 0.25) is 0 Å². The Morgan fingerprint density at radius 1 is 1.02 bits per heavy atom. The van der Waals surface area contributed by atoms with Crippen LogP contribution in [-0.2, 0) is 9.47 Å². The van der Waals surface area contributed by atoms with Crippen molar-refractivity contribution in [1.82, 2.24) is 9.88 Å². The van der Waals surface area contributed by atoms with Gasteiger partial charge in [-0.1, -0.05) is 33.8 Å². The molecule has 0 aliphatic carbocycles. The molecule has 224 valence electrons. The Labute approximate surface area is 243 Å². The van der Waals surface area contributed by atoms with Crippen LogP contribution in [0.4, 0.5) is 5.69 Å². The van der Waals surface area contributed by atoms with Gasteiger partial charge in [0, 0.05) is 49.0 Å². The van der Waals surface area contributed by atoms with Gasteiger partial charge in [-0.15, -0.1) is 6.58 Å². The summed E-state index contributed by atoms with van der Waals surface area (Å²) in [4.78, 5) is 42.5. The molecule has 1 aromatic heterocycles. The van der Waals surface area contributed by atoms with Crippen molar-refractivity contribution in [3.05, 3.63) is 82.7 Å². The summed E-state index contributed by atoms with van der Waals surface area (Å²) in [6, 6.07) is 13.4. The largest absolute Gasteiger partial charge is 0.491 e. The predicted molar refractivity (Wildman–Crippen MR) is 166 cm³/mol. The molecule has 0 bridgehead atoms. The second-order valence-corrected chi connectivity index (χ2v) is 8.30. The number of hydrogen-bond donors (Lipinski definition) is 2. The first-order chi connectivity index (χ1) is 20.0. The van der Waals surface area contributed by atoms with E-state index in [1.807, 2.05) is 34.6 Å². The van der Waals surface area contributed by atoms with Crippen LogP contribution < -0.4 is 15.6 Å². The average molecular weight is 568 g/mol. The van der Waals surface area contributed by atoms with Gasteiger partial charge in [0.1, 0.15) is 17.9 Å². The molecule has 9 nitrogen and oxygen atoms in total. The van der Waals surface area contributed by atoms with Crippen LogP contribution in [0.1, 0.15) is 61.8 Å². The van der Waals surface area contributed by atoms with Crippen LogP contribution >= 0.6 is 0 Å². The van der Waals surface area contributed by atoms with Crippen molar-refractivity contribution in [2.45, 2.75) is 41.0 Å². The Balaban J connectivity index is 0.00000110. The molecule has 2 aromatic carbocycles. The van der Waals surface area contributed by atoms with Gasteiger partial charge in [0.25, 0.3) is 17.4 Å². The summed E-state index contributed by atoms with van der Waals surface area (Å²) in [5.74, 6) is -0.00495. The predicted octanol–water partition coefficient (Wildman–Crippen LogP) is 5.91. The Morgan fingerprint density at radius 3 is 2.37 bits per heavy atom. The molecule has 1 saturated heterocycles. The van der Waals surface area contributed by atoms with Gasteiger partial charge in [-0.25, -0.2) is 0 Å². The van der Waals surface area contributed by atoms with Gasteiger partial charge < -0.3 is 29.4 Å². The number of H-pyrrole nitrogens is 1. The second-order valence-electron chi connectivity index (χ2n) is 8.30. The number of carbonyl (C=O) groups is 2. The molecule has 9 heteroatoms. The molecule has 0 radical (unpaired) electrons. The molecule has 0 unspecified atom stereocenters. The minimum absolute atomic E-state index is 0.0220. The number of amides is 2. The highest BCUT2D eigenvalue weighted by Crippen LogP contribution is 2.20. The monoisotopic (exact) mass is 567 g/mol. The lowest BCUT2D eigenvalue weighted by Crippen LogP contribution is -2.33. The Kier molecular flexibility index (Phi) is 17.1. The first-order valence-corrected chi connectivity index (χ1v) is 14.1. The number of hydrogen-bond acceptors (Lipinski definition) is 6. The first-order valence-electron chi connectivity index (χ1n) is 14.1. The van der Waals surface area contributed by atoms with E-state index in [1.165, 1.54) is 6.07 Å². The SMILES string of the molecule is C=CC.CC.CC.COCCOc1ccc2[nH]c(=O)c(C(=O)Nc3ccc(C(=O)N4CCCOCC4)cc3)cc2c1. The maximum absolute atomic E-state index is 12.8. The number of rotatable bonds is 7. The lowest BCUT2D eigenvalue weighted by Gasteiger charge is -2.19. The highest BCUT2D eigenvalue weighted by molar-refractivity contribution is 6.06. The molecule has 1 fully saturated rings. The third kappa shape index (κ3) is 11.2. The topological polar surface area (TPSA) is 110 Å². The smallest absolute Gasteiger partial charge is 0.261 e. The summed E-state index contributed by atoms with van der Waals surface area (Å²) in [5, 5.41) is 3.39. The van der Waals surface area contributed by atoms with E-state index in [2.05, 4.69) is 16.9 Å². The standard InChI is InChI=1S/C25H27N3O6.C3H6.2C2H6/c1-32-13-14-34-20-7-8-22-18(15-20)16-21(24(30)27-22)23(29)26-19-5-3-17(4-6-19)25(31)28-9-2-11-33-12-10-28;1-3-2;2*1-2/h3-8,15-16H,2,9-14H2,1H3,(H,26,29)(H,27,30);3H,1H2,2H3;2*1-2H3. The zero-order valence-electron chi connectivity index (χ0n) is 25.2. The number of methoxy groups -OCH3 is 1. The van der Waals surface area contributed by atoms with Crippen molar-refractivity contribution in [2.24, 2.45) is 0 Å². The van der Waals surface area contributed by atoms with E-state index in [-0.39, 0.29) is 11.5 Å². The number of carbonyl (C=O) groups excluding carboxylic acids is 2. The molecule has 1 aliphatic rings. The van der Waals surface area contributed by atoms with Crippen molar-refractivity contribution in [3.8, 4) is 5.75 Å². The zero-order chi connectivity index (χ0) is 30.6. The van der Waals surface area contributed by atoms with Crippen molar-refractivity contribution < 1.29 is 23.8 Å². The average Bonchev–Trinajstić information content (AvgIpc) is 3.29. The van der Waals surface area contributed by atoms with Gasteiger partial charge in [0.15, 0.2) is 0 Å². The summed E-state index contributed by atoms with van der Waals surface area (Å²) in [6.07, 6.45) is 2.56. The summed E-state index contributed by atoms with van der Waals surface area (Å²) in [6.45, 7) is 16.5. The number of aromatic amines is 1. The number of ether oxygens (including phenoxy) is 3. The maximum Gasteiger partial charge on any atom is 0.261 e. The van der Waals surface area contributed by atoms with Crippen LogP contribution in [0.3, 0.4) is 0 Å². The molecule has 2 N–H and O–H groups in total. The summed E-state index contributed by atoms with van der Waals surface area (Å²) < 4.78 is 16.0. The summed E-state index contributed by atoms with van der Waals surface area (Å²) >= 11 is 0. The molecular formula is C32H45N3O6. The van der Waals surface area contributed by atoms with Crippen molar-refractivity contribution in [3.63, 3.8) is 0 Å². The second kappa shape index (κ2) is 20.0. The molecule has 4 rings (SSSR count). The van der Waals surface area contributed by atoms with Crippen LogP contribution in [0.15, 0.2) is 66.0 Å². The number of fused-ring (bicyclic) bond motifs is 1. The Bertz CT molecular complexity index is 1260. The van der Waals surface area contributed by atoms with Gasteiger partial charge in [-0.3, -0.25) is 14.4 Å². The van der Waals surface area contributed by atoms with Crippen molar-refractivity contribution in [2.75, 3.05) is 51.9 Å². The van der Waals surface area contributed by atoms with Crippen LogP contribution in [0.2, 0.25) is 0 Å². The minimum atomic E-state index is -0.544. The molecular weight excluding hydrogens is 522 g/mol. The van der Waals surface area contributed by atoms with Gasteiger partial charge in [-0.05, 0) is 61.9 Å². The van der Waals surface area contributed by atoms with E-state index < -0.39 is 11.5 Å². The number of nitrogens with zero attached hydrogens (tertiary/aromatic N) is 1. The number of anilines is 1. The highest BCUT2D eigenvalue weighted by atomic mass is 16.5. The van der Waals surface area contributed by atoms with Crippen molar-refractivity contribution >= 4 is 28.4 Å². The van der Waals surface area contributed by atoms with E-state index in [1.54, 1.807) is 60.6 Å². The maximum atomic E-state index is 12.8. The molecule has 0 atom stereocenters. The molecule has 1 aliphatic heterocycles. The molecule has 0 saturated carbocycles. The van der Waals surface area contributed by atoms with E-state index in [0.29, 0.717) is 67.4 Å². The molecule has 2 amide bonds. The molecule has 2 heterocycles. The fraction of sp³-hybridized carbons (Fsp3) is 0.406. The quantitative estimate of drug-likeness (QED) is 0.271. The first kappa shape index (κ1) is 35.1. The zero-order valence-corrected chi connectivity index (χ0v) is 25.2. The highest BCUT2D eigenvalue weighted by Gasteiger charge is 2.18. The lowest BCUT2D eigenvalue weighted by molar-refractivity contribution is 0.0741. The number of benzene rings is 2. The van der Waals surface area contributed by atoms with E-state index in [0.717, 1.165) is 6.42 Å². The molecule has 0 spiro atoms. The Morgan fingerprint density at radius 2 is 1.71 bits per heavy atom. The molecule has 41 heavy (non-hydrogen) atoms. The number of pyridine rings is 1. The van der Waals surface area contributed by atoms with Crippen LogP contribution in [-0.4, -0.2) is 68.3 Å². The summed E-state index contributed by atoms with van der Waals surface area (Å²) in [7, 11) is 1.59. The fourth-order valence-corrected chi connectivity index (χ4v) is 3.71. The van der Waals surface area contributed by atoms with Crippen LogP contribution in [0, 0.1) is 0 Å². The van der Waals surface area contributed by atoms with Gasteiger partial charge >= 0.3 is 0 Å².